The highest BCUT2D eigenvalue weighted by Crippen LogP contribution is 2.21. The summed E-state index contributed by atoms with van der Waals surface area (Å²) >= 11 is 5.92. The van der Waals surface area contributed by atoms with E-state index in [0.29, 0.717) is 41.1 Å². The van der Waals surface area contributed by atoms with Crippen molar-refractivity contribution in [2.24, 2.45) is 0 Å². The summed E-state index contributed by atoms with van der Waals surface area (Å²) in [4.78, 5) is 8.85. The Morgan fingerprint density at radius 2 is 1.96 bits per heavy atom. The summed E-state index contributed by atoms with van der Waals surface area (Å²) < 4.78 is 12.3. The van der Waals surface area contributed by atoms with Gasteiger partial charge in [0.25, 0.3) is 0 Å². The van der Waals surface area contributed by atoms with Gasteiger partial charge in [-0.2, -0.15) is 9.67 Å². The number of anilines is 2. The predicted molar refractivity (Wildman–Crippen MR) is 107 cm³/mol. The first-order valence-corrected chi connectivity index (χ1v) is 8.94. The Kier molecular flexibility index (Phi) is 5.31. The molecule has 4 aromatic rings. The highest BCUT2D eigenvalue weighted by Gasteiger charge is 2.11. The molecule has 2 aromatic heterocycles. The zero-order valence-corrected chi connectivity index (χ0v) is 15.8. The van der Waals surface area contributed by atoms with E-state index in [1.165, 1.54) is 0 Å². The van der Waals surface area contributed by atoms with Gasteiger partial charge in [0.05, 0.1) is 18.5 Å². The molecule has 28 heavy (non-hydrogen) atoms. The number of ether oxygens (including phenoxy) is 2. The number of benzene rings is 2. The maximum Gasteiger partial charge on any atom is 0.229 e. The fraction of sp³-hybridized carbons (Fsp3) is 0.158. The van der Waals surface area contributed by atoms with E-state index in [0.717, 1.165) is 11.4 Å². The van der Waals surface area contributed by atoms with Gasteiger partial charge in [0.1, 0.15) is 12.4 Å². The monoisotopic (exact) mass is 396 g/mol. The molecule has 0 saturated carbocycles. The molecular formula is C19H17ClN6O2. The standard InChI is InChI=1S/C19H17ClN6O2/c1-27-9-10-28-16-4-2-3-15(11-16)26-18-17(24-25-26)12-21-19(23-18)22-14-7-5-13(20)6-8-14/h2-8,11-12H,9-10H2,1H3,(H,21,22,23). The number of hydrogen-bond acceptors (Lipinski definition) is 7. The van der Waals surface area contributed by atoms with Crippen LogP contribution in [0.2, 0.25) is 5.02 Å². The van der Waals surface area contributed by atoms with Gasteiger partial charge in [-0.3, -0.25) is 0 Å². The molecule has 0 aliphatic carbocycles. The highest BCUT2D eigenvalue weighted by atomic mass is 35.5. The lowest BCUT2D eigenvalue weighted by Crippen LogP contribution is -2.05. The Labute approximate surface area is 166 Å². The third kappa shape index (κ3) is 4.03. The summed E-state index contributed by atoms with van der Waals surface area (Å²) in [6.45, 7) is 0.985. The molecule has 0 fully saturated rings. The lowest BCUT2D eigenvalue weighted by molar-refractivity contribution is 0.146. The van der Waals surface area contributed by atoms with Crippen molar-refractivity contribution in [1.29, 1.82) is 0 Å². The number of fused-ring (bicyclic) bond motifs is 1. The highest BCUT2D eigenvalue weighted by molar-refractivity contribution is 6.30. The van der Waals surface area contributed by atoms with Crippen molar-refractivity contribution in [2.75, 3.05) is 25.6 Å². The van der Waals surface area contributed by atoms with Crippen LogP contribution >= 0.6 is 11.6 Å². The van der Waals surface area contributed by atoms with Gasteiger partial charge < -0.3 is 14.8 Å². The zero-order chi connectivity index (χ0) is 19.3. The van der Waals surface area contributed by atoms with E-state index in [1.807, 2.05) is 36.4 Å². The maximum absolute atomic E-state index is 5.92. The lowest BCUT2D eigenvalue weighted by atomic mass is 10.3. The Morgan fingerprint density at radius 1 is 1.11 bits per heavy atom. The van der Waals surface area contributed by atoms with Crippen molar-refractivity contribution in [3.8, 4) is 11.4 Å². The molecule has 9 heteroatoms. The topological polar surface area (TPSA) is 87.0 Å². The number of hydrogen-bond donors (Lipinski definition) is 1. The van der Waals surface area contributed by atoms with Crippen LogP contribution in [-0.4, -0.2) is 45.3 Å². The van der Waals surface area contributed by atoms with Crippen LogP contribution in [0.5, 0.6) is 5.75 Å². The van der Waals surface area contributed by atoms with E-state index in [1.54, 1.807) is 30.1 Å². The number of nitrogens with zero attached hydrogens (tertiary/aromatic N) is 5. The second-order valence-electron chi connectivity index (χ2n) is 5.87. The molecule has 8 nitrogen and oxygen atoms in total. The fourth-order valence-electron chi connectivity index (χ4n) is 2.57. The van der Waals surface area contributed by atoms with Crippen LogP contribution in [0, 0.1) is 0 Å². The van der Waals surface area contributed by atoms with Gasteiger partial charge in [-0.05, 0) is 36.4 Å². The van der Waals surface area contributed by atoms with E-state index in [4.69, 9.17) is 21.1 Å². The molecule has 4 rings (SSSR count). The molecule has 0 saturated heterocycles. The van der Waals surface area contributed by atoms with Gasteiger partial charge in [-0.15, -0.1) is 5.10 Å². The van der Waals surface area contributed by atoms with E-state index in [2.05, 4.69) is 25.6 Å². The number of aromatic nitrogens is 5. The van der Waals surface area contributed by atoms with Crippen molar-refractivity contribution in [2.45, 2.75) is 0 Å². The number of nitrogens with one attached hydrogen (secondary N) is 1. The number of rotatable bonds is 7. The van der Waals surface area contributed by atoms with Gasteiger partial charge in [0.15, 0.2) is 11.2 Å². The fourth-order valence-corrected chi connectivity index (χ4v) is 2.70. The first-order chi connectivity index (χ1) is 13.7. The molecule has 0 bridgehead atoms. The molecule has 1 N–H and O–H groups in total. The third-order valence-corrected chi connectivity index (χ3v) is 4.16. The summed E-state index contributed by atoms with van der Waals surface area (Å²) in [5.74, 6) is 1.15. The Bertz CT molecular complexity index is 1080. The minimum atomic E-state index is 0.436. The van der Waals surface area contributed by atoms with Gasteiger partial charge >= 0.3 is 0 Å². The SMILES string of the molecule is COCCOc1cccc(-n2nnc3cnc(Nc4ccc(Cl)cc4)nc32)c1. The average Bonchev–Trinajstić information content (AvgIpc) is 3.13. The van der Waals surface area contributed by atoms with Crippen LogP contribution in [0.4, 0.5) is 11.6 Å². The van der Waals surface area contributed by atoms with E-state index in [-0.39, 0.29) is 0 Å². The van der Waals surface area contributed by atoms with Crippen LogP contribution in [0.1, 0.15) is 0 Å². The first-order valence-electron chi connectivity index (χ1n) is 8.56. The van der Waals surface area contributed by atoms with Crippen LogP contribution in [-0.2, 0) is 4.74 Å². The van der Waals surface area contributed by atoms with E-state index >= 15 is 0 Å². The Balaban J connectivity index is 1.63. The third-order valence-electron chi connectivity index (χ3n) is 3.91. The molecule has 2 heterocycles. The van der Waals surface area contributed by atoms with Crippen molar-refractivity contribution in [1.82, 2.24) is 25.0 Å². The Morgan fingerprint density at radius 3 is 2.79 bits per heavy atom. The molecule has 2 aromatic carbocycles. The predicted octanol–water partition coefficient (Wildman–Crippen LogP) is 3.63. The largest absolute Gasteiger partial charge is 0.491 e. The minimum absolute atomic E-state index is 0.436. The normalized spacial score (nSPS) is 10.9. The van der Waals surface area contributed by atoms with Crippen LogP contribution in [0.3, 0.4) is 0 Å². The molecule has 0 amide bonds. The van der Waals surface area contributed by atoms with Crippen LogP contribution < -0.4 is 10.1 Å². The number of halogens is 1. The molecule has 0 radical (unpaired) electrons. The summed E-state index contributed by atoms with van der Waals surface area (Å²) in [6.07, 6.45) is 1.63. The maximum atomic E-state index is 5.92. The van der Waals surface area contributed by atoms with Crippen LogP contribution in [0.15, 0.2) is 54.7 Å². The summed E-state index contributed by atoms with van der Waals surface area (Å²) in [5.41, 5.74) is 2.79. The summed E-state index contributed by atoms with van der Waals surface area (Å²) in [7, 11) is 1.64. The first kappa shape index (κ1) is 18.1. The van der Waals surface area contributed by atoms with Crippen molar-refractivity contribution < 1.29 is 9.47 Å². The summed E-state index contributed by atoms with van der Waals surface area (Å²) in [6, 6.07) is 14.8. The molecule has 0 unspecified atom stereocenters. The molecule has 0 atom stereocenters. The van der Waals surface area contributed by atoms with Gasteiger partial charge in [0.2, 0.25) is 5.95 Å². The lowest BCUT2D eigenvalue weighted by Gasteiger charge is -2.08. The van der Waals surface area contributed by atoms with Gasteiger partial charge in [0, 0.05) is 23.9 Å². The molecule has 0 aliphatic rings. The van der Waals surface area contributed by atoms with Gasteiger partial charge in [-0.25, -0.2) is 4.98 Å². The van der Waals surface area contributed by atoms with Gasteiger partial charge in [-0.1, -0.05) is 22.9 Å². The summed E-state index contributed by atoms with van der Waals surface area (Å²) in [5, 5.41) is 12.2. The average molecular weight is 397 g/mol. The van der Waals surface area contributed by atoms with E-state index < -0.39 is 0 Å². The van der Waals surface area contributed by atoms with E-state index in [9.17, 15) is 0 Å². The minimum Gasteiger partial charge on any atom is -0.491 e. The van der Waals surface area contributed by atoms with Crippen molar-refractivity contribution in [3.63, 3.8) is 0 Å². The molecule has 0 spiro atoms. The van der Waals surface area contributed by atoms with Crippen LogP contribution in [0.25, 0.3) is 16.9 Å². The molecule has 142 valence electrons. The smallest absolute Gasteiger partial charge is 0.229 e. The quantitative estimate of drug-likeness (QED) is 0.477. The number of methoxy groups -OCH3 is 1. The van der Waals surface area contributed by atoms with Crippen molar-refractivity contribution in [3.05, 3.63) is 59.8 Å². The molecular weight excluding hydrogens is 380 g/mol. The molecule has 0 aliphatic heterocycles. The second kappa shape index (κ2) is 8.20. The second-order valence-corrected chi connectivity index (χ2v) is 6.31. The Hall–Kier alpha value is -3.23. The van der Waals surface area contributed by atoms with Crippen molar-refractivity contribution >= 4 is 34.4 Å². The zero-order valence-electron chi connectivity index (χ0n) is 15.0.